The number of aromatic amines is 1. The smallest absolute Gasteiger partial charge is 0.338 e. The van der Waals surface area contributed by atoms with Gasteiger partial charge in [0.2, 0.25) is 11.8 Å². The molecule has 3 aromatic carbocycles. The van der Waals surface area contributed by atoms with Gasteiger partial charge in [0.05, 0.1) is 34.7 Å². The van der Waals surface area contributed by atoms with Crippen LogP contribution in [-0.2, 0) is 19.1 Å². The number of hydrogen-bond donors (Lipinski definition) is 2. The zero-order valence-electron chi connectivity index (χ0n) is 26.1. The third-order valence-electron chi connectivity index (χ3n) is 10.1. The highest BCUT2D eigenvalue weighted by molar-refractivity contribution is 8.00. The van der Waals surface area contributed by atoms with E-state index in [9.17, 15) is 24.0 Å². The number of amides is 3. The summed E-state index contributed by atoms with van der Waals surface area (Å²) in [6.07, 6.45) is 0.768. The molecule has 4 aromatic rings. The molecule has 10 nitrogen and oxygen atoms in total. The van der Waals surface area contributed by atoms with Crippen LogP contribution < -0.4 is 19.8 Å². The maximum Gasteiger partial charge on any atom is 0.338 e. The number of aromatic nitrogens is 1. The summed E-state index contributed by atoms with van der Waals surface area (Å²) in [6.45, 7) is 1.80. The number of fused-ring (bicyclic) bond motifs is 9. The highest BCUT2D eigenvalue weighted by Crippen LogP contribution is 2.68. The fourth-order valence-corrected chi connectivity index (χ4v) is 11.3. The lowest BCUT2D eigenvalue weighted by molar-refractivity contribution is -0.123. The van der Waals surface area contributed by atoms with Crippen LogP contribution in [0.1, 0.15) is 40.1 Å². The van der Waals surface area contributed by atoms with E-state index in [1.807, 2.05) is 24.3 Å². The number of rotatable bonds is 8. The monoisotopic (exact) mass is 715 g/mol. The summed E-state index contributed by atoms with van der Waals surface area (Å²) in [5, 5.41) is 4.22. The van der Waals surface area contributed by atoms with E-state index in [4.69, 9.17) is 21.1 Å². The Balaban J connectivity index is 1.03. The molecule has 1 saturated heterocycles. The van der Waals surface area contributed by atoms with Gasteiger partial charge in [0, 0.05) is 26.8 Å². The van der Waals surface area contributed by atoms with E-state index in [0.717, 1.165) is 21.9 Å². The van der Waals surface area contributed by atoms with Crippen molar-refractivity contribution in [3.8, 4) is 5.75 Å². The third-order valence-corrected chi connectivity index (χ3v) is 12.9. The highest BCUT2D eigenvalue weighted by Gasteiger charge is 2.69. The fourth-order valence-electron chi connectivity index (χ4n) is 8.26. The Morgan fingerprint density at radius 2 is 1.63 bits per heavy atom. The van der Waals surface area contributed by atoms with Gasteiger partial charge < -0.3 is 19.8 Å². The van der Waals surface area contributed by atoms with Crippen molar-refractivity contribution in [1.82, 2.24) is 4.98 Å². The van der Waals surface area contributed by atoms with E-state index in [2.05, 4.69) is 10.3 Å². The predicted molar refractivity (Wildman–Crippen MR) is 185 cm³/mol. The van der Waals surface area contributed by atoms with Gasteiger partial charge >= 0.3 is 10.8 Å². The molecule has 4 aliphatic rings. The van der Waals surface area contributed by atoms with Crippen LogP contribution in [0.15, 0.2) is 82.6 Å². The lowest BCUT2D eigenvalue weighted by Crippen LogP contribution is -2.42. The first-order valence-corrected chi connectivity index (χ1v) is 18.1. The summed E-state index contributed by atoms with van der Waals surface area (Å²) >= 11 is 8.75. The van der Waals surface area contributed by atoms with Gasteiger partial charge in [-0.25, -0.2) is 4.79 Å². The molecule has 3 amide bonds. The van der Waals surface area contributed by atoms with Crippen LogP contribution in [0.2, 0.25) is 5.02 Å². The average Bonchev–Trinajstić information content (AvgIpc) is 3.84. The van der Waals surface area contributed by atoms with Crippen molar-refractivity contribution in [2.75, 3.05) is 23.4 Å². The number of anilines is 2. The number of nitrogens with zero attached hydrogens (tertiary/aromatic N) is 1. The zero-order valence-corrected chi connectivity index (χ0v) is 28.5. The van der Waals surface area contributed by atoms with Crippen LogP contribution in [0, 0.1) is 29.6 Å². The van der Waals surface area contributed by atoms with Crippen molar-refractivity contribution < 1.29 is 28.7 Å². The Labute approximate surface area is 294 Å². The first kappa shape index (κ1) is 31.9. The van der Waals surface area contributed by atoms with Crippen molar-refractivity contribution in [2.45, 2.75) is 29.5 Å². The molecule has 250 valence electrons. The molecule has 2 aliphatic heterocycles. The molecule has 3 fully saturated rings. The molecule has 49 heavy (non-hydrogen) atoms. The van der Waals surface area contributed by atoms with Crippen LogP contribution in [0.4, 0.5) is 11.4 Å². The first-order valence-electron chi connectivity index (χ1n) is 16.0. The summed E-state index contributed by atoms with van der Waals surface area (Å²) in [7, 11) is 0. The normalized spacial score (nSPS) is 26.2. The summed E-state index contributed by atoms with van der Waals surface area (Å²) in [4.78, 5) is 70.4. The lowest BCUT2D eigenvalue weighted by atomic mass is 9.68. The van der Waals surface area contributed by atoms with E-state index in [1.54, 1.807) is 67.2 Å². The molecule has 0 radical (unpaired) electrons. The van der Waals surface area contributed by atoms with Crippen LogP contribution in [-0.4, -0.2) is 47.1 Å². The summed E-state index contributed by atoms with van der Waals surface area (Å²) < 4.78 is 10.9. The minimum Gasteiger partial charge on any atom is -0.484 e. The highest BCUT2D eigenvalue weighted by atomic mass is 35.5. The number of hydrogen-bond acceptors (Lipinski definition) is 9. The molecule has 2 saturated carbocycles. The zero-order chi connectivity index (χ0) is 34.0. The molecule has 2 bridgehead atoms. The van der Waals surface area contributed by atoms with Gasteiger partial charge in [0.1, 0.15) is 5.75 Å². The number of esters is 1. The van der Waals surface area contributed by atoms with Crippen LogP contribution >= 0.6 is 34.7 Å². The molecule has 3 heterocycles. The first-order chi connectivity index (χ1) is 23.7. The number of halogens is 1. The van der Waals surface area contributed by atoms with Crippen molar-refractivity contribution in [2.24, 2.45) is 29.6 Å². The van der Waals surface area contributed by atoms with Crippen LogP contribution in [0.3, 0.4) is 0 Å². The molecule has 2 aliphatic carbocycles. The Morgan fingerprint density at radius 1 is 0.939 bits per heavy atom. The van der Waals surface area contributed by atoms with Crippen molar-refractivity contribution in [3.63, 3.8) is 0 Å². The van der Waals surface area contributed by atoms with Crippen molar-refractivity contribution >= 4 is 69.8 Å². The number of H-pyrrole nitrogens is 1. The Morgan fingerprint density at radius 3 is 2.33 bits per heavy atom. The Kier molecular flexibility index (Phi) is 8.12. The molecule has 0 unspecified atom stereocenters. The number of imide groups is 1. The molecule has 2 N–H and O–H groups in total. The number of thioether (sulfide) groups is 1. The minimum atomic E-state index is -0.458. The summed E-state index contributed by atoms with van der Waals surface area (Å²) in [5.74, 6) is -1.72. The standard InChI is InChI=1S/C36H30ClN3O7S2/c1-2-46-35(44)18-3-11-21(12-4-18)40-33(42)28-23-15-24(29(28)34(40)43)30-27(23)26(31-32(48-30)39-36(45)49-31)17-5-13-22(14-6-17)47-16-25(41)38-20-9-7-19(37)8-10-20/h3-14,23-24,26-30H,2,15-16H2,1H3,(H,38,41)(H,39,45)/t23-,24-,26+,27-,28+,29+,30-/m1/s1. The van der Waals surface area contributed by atoms with Crippen molar-refractivity contribution in [1.29, 1.82) is 0 Å². The predicted octanol–water partition coefficient (Wildman–Crippen LogP) is 5.96. The average molecular weight is 716 g/mol. The minimum absolute atomic E-state index is 0.0222. The van der Waals surface area contributed by atoms with Gasteiger partial charge in [-0.3, -0.25) is 24.1 Å². The van der Waals surface area contributed by atoms with Gasteiger partial charge in [-0.15, -0.1) is 11.8 Å². The lowest BCUT2D eigenvalue weighted by Gasteiger charge is -2.43. The SMILES string of the molecule is CCOC(=O)c1ccc(N2C(=O)[C@H]3[C@H]4C[C@@H]([C@@H]3C2=O)[C@@H]2[C@H](c3ccc(OCC(=O)Nc5ccc(Cl)cc5)cc3)c3sc(=O)[nH]c3S[C@H]42)cc1. The maximum atomic E-state index is 14.1. The van der Waals surface area contributed by atoms with E-state index in [1.165, 1.54) is 16.2 Å². The maximum absolute atomic E-state index is 14.1. The molecule has 1 aromatic heterocycles. The number of carbonyl (C=O) groups is 4. The second-order valence-electron chi connectivity index (χ2n) is 12.7. The molecule has 8 rings (SSSR count). The second-order valence-corrected chi connectivity index (χ2v) is 15.3. The second kappa shape index (κ2) is 12.5. The fraction of sp³-hybridized carbons (Fsp3) is 0.306. The van der Waals surface area contributed by atoms with Gasteiger partial charge in [0.15, 0.2) is 6.61 Å². The number of thiazole rings is 1. The Hall–Kier alpha value is -4.39. The number of carbonyl (C=O) groups excluding carboxylic acids is 4. The van der Waals surface area contributed by atoms with Gasteiger partial charge in [-0.2, -0.15) is 0 Å². The quantitative estimate of drug-likeness (QED) is 0.169. The molecule has 0 spiro atoms. The van der Waals surface area contributed by atoms with Crippen LogP contribution in [0.5, 0.6) is 5.75 Å². The van der Waals surface area contributed by atoms with E-state index < -0.39 is 17.8 Å². The van der Waals surface area contributed by atoms with Gasteiger partial charge in [-0.1, -0.05) is 35.1 Å². The van der Waals surface area contributed by atoms with Crippen LogP contribution in [0.25, 0.3) is 0 Å². The Bertz CT molecular complexity index is 2030. The molecule has 13 heteroatoms. The number of benzene rings is 3. The van der Waals surface area contributed by atoms with Gasteiger partial charge in [0.25, 0.3) is 5.91 Å². The number of nitrogens with one attached hydrogen (secondary N) is 2. The summed E-state index contributed by atoms with van der Waals surface area (Å²) in [6, 6.07) is 20.8. The van der Waals surface area contributed by atoms with Crippen molar-refractivity contribution in [3.05, 3.63) is 103 Å². The molecular weight excluding hydrogens is 686 g/mol. The van der Waals surface area contributed by atoms with E-state index in [-0.39, 0.29) is 64.7 Å². The third kappa shape index (κ3) is 5.46. The number of ether oxygens (including phenoxy) is 2. The van der Waals surface area contributed by atoms with E-state index >= 15 is 0 Å². The topological polar surface area (TPSA) is 135 Å². The molecular formula is C36H30ClN3O7S2. The van der Waals surface area contributed by atoms with Gasteiger partial charge in [-0.05, 0) is 97.3 Å². The summed E-state index contributed by atoms with van der Waals surface area (Å²) in [5.41, 5.74) is 2.40. The van der Waals surface area contributed by atoms with E-state index in [0.29, 0.717) is 27.7 Å². The largest absolute Gasteiger partial charge is 0.484 e. The molecule has 7 atom stereocenters.